The fourth-order valence-electron chi connectivity index (χ4n) is 8.95. The molecule has 0 saturated carbocycles. The zero-order valence-electron chi connectivity index (χ0n) is 39.0. The Morgan fingerprint density at radius 1 is 0.273 bits per heavy atom. The summed E-state index contributed by atoms with van der Waals surface area (Å²) in [6.07, 6.45) is 2.30. The van der Waals surface area contributed by atoms with E-state index in [9.17, 15) is 0 Å². The maximum Gasteiger partial charge on any atom is 0.230 e. The molecule has 0 amide bonds. The molecule has 7 aromatic rings. The van der Waals surface area contributed by atoms with Gasteiger partial charge in [0.2, 0.25) is 6.79 Å². The van der Waals surface area contributed by atoms with Gasteiger partial charge in [0.25, 0.3) is 0 Å². The van der Waals surface area contributed by atoms with E-state index in [1.807, 2.05) is 91.0 Å². The first-order chi connectivity index (χ1) is 32.2. The Hall–Kier alpha value is -7.40. The van der Waals surface area contributed by atoms with Crippen LogP contribution in [-0.4, -0.2) is 70.8 Å². The van der Waals surface area contributed by atoms with Gasteiger partial charge in [-0.2, -0.15) is 0 Å². The average molecular weight is 893 g/mol. The van der Waals surface area contributed by atoms with Crippen molar-refractivity contribution in [2.24, 2.45) is 0 Å². The molecule has 11 heteroatoms. The third-order valence-electron chi connectivity index (χ3n) is 12.3. The van der Waals surface area contributed by atoms with Crippen LogP contribution >= 0.6 is 0 Å². The van der Waals surface area contributed by atoms with Crippen LogP contribution < -0.4 is 52.1 Å². The molecule has 11 nitrogen and oxygen atoms in total. The quantitative estimate of drug-likeness (QED) is 0.103. The van der Waals surface area contributed by atoms with Crippen LogP contribution in [0.2, 0.25) is 0 Å². The summed E-state index contributed by atoms with van der Waals surface area (Å²) >= 11 is 0. The number of methoxy groups -OCH3 is 9. The molecule has 0 aromatic heterocycles. The SMILES string of the molecule is COc1cc2c(OC)cc1Cc1cc(OC)c(cc1OC)Cc1cc(OC)c(cc1OC)Cc1cc(OC)c(cc1OCOc1cccc3ccccc13)Cc1cc(OC)c(cc1OC)C2. The highest BCUT2D eigenvalue weighted by atomic mass is 16.7. The fraction of sp³-hybridized carbons (Fsp3) is 0.273. The number of fused-ring (bicyclic) bond motifs is 1. The van der Waals surface area contributed by atoms with Crippen LogP contribution in [0.4, 0.5) is 0 Å². The Kier molecular flexibility index (Phi) is 13.8. The van der Waals surface area contributed by atoms with Crippen LogP contribution in [0.5, 0.6) is 63.2 Å². The average Bonchev–Trinajstić information content (AvgIpc) is 3.35. The fourth-order valence-corrected chi connectivity index (χ4v) is 8.95. The van der Waals surface area contributed by atoms with Crippen molar-refractivity contribution < 1.29 is 52.1 Å². The third-order valence-corrected chi connectivity index (χ3v) is 12.3. The van der Waals surface area contributed by atoms with Gasteiger partial charge in [-0.3, -0.25) is 0 Å². The molecular weight excluding hydrogens is 837 g/mol. The van der Waals surface area contributed by atoms with E-state index in [1.165, 1.54) is 0 Å². The van der Waals surface area contributed by atoms with E-state index >= 15 is 0 Å². The van der Waals surface area contributed by atoms with Gasteiger partial charge in [0.15, 0.2) is 0 Å². The Morgan fingerprint density at radius 3 is 0.818 bits per heavy atom. The lowest BCUT2D eigenvalue weighted by Gasteiger charge is -2.20. The second-order valence-corrected chi connectivity index (χ2v) is 15.9. The van der Waals surface area contributed by atoms with Gasteiger partial charge in [-0.1, -0.05) is 36.4 Å². The van der Waals surface area contributed by atoms with Crippen LogP contribution in [0.1, 0.15) is 55.6 Å². The minimum Gasteiger partial charge on any atom is -0.496 e. The summed E-state index contributed by atoms with van der Waals surface area (Å²) in [5, 5.41) is 2.07. The molecule has 7 aromatic carbocycles. The number of hydrogen-bond donors (Lipinski definition) is 0. The number of hydrogen-bond acceptors (Lipinski definition) is 11. The molecule has 10 bridgehead atoms. The zero-order valence-corrected chi connectivity index (χ0v) is 39.0. The first kappa shape index (κ1) is 45.2. The molecule has 0 unspecified atom stereocenters. The minimum atomic E-state index is -0.0443. The van der Waals surface area contributed by atoms with E-state index < -0.39 is 0 Å². The van der Waals surface area contributed by atoms with E-state index in [1.54, 1.807) is 64.0 Å². The first-order valence-corrected chi connectivity index (χ1v) is 21.6. The minimum absolute atomic E-state index is 0.0443. The summed E-state index contributed by atoms with van der Waals surface area (Å²) in [6.45, 7) is -0.0443. The highest BCUT2D eigenvalue weighted by Gasteiger charge is 2.23. The lowest BCUT2D eigenvalue weighted by atomic mass is 9.94. The molecule has 0 spiro atoms. The van der Waals surface area contributed by atoms with Crippen LogP contribution in [0, 0.1) is 0 Å². The van der Waals surface area contributed by atoms with Crippen molar-refractivity contribution in [3.8, 4) is 63.2 Å². The lowest BCUT2D eigenvalue weighted by Crippen LogP contribution is -2.09. The van der Waals surface area contributed by atoms with Crippen molar-refractivity contribution in [3.05, 3.63) is 159 Å². The number of ether oxygens (including phenoxy) is 11. The second kappa shape index (κ2) is 20.2. The molecule has 0 saturated heterocycles. The maximum absolute atomic E-state index is 6.61. The summed E-state index contributed by atoms with van der Waals surface area (Å²) in [4.78, 5) is 0. The van der Waals surface area contributed by atoms with Crippen LogP contribution in [-0.2, 0) is 32.1 Å². The summed E-state index contributed by atoms with van der Waals surface area (Å²) in [5.74, 6) is 7.58. The molecule has 0 radical (unpaired) electrons. The first-order valence-electron chi connectivity index (χ1n) is 21.6. The number of rotatable bonds is 13. The molecule has 10 aliphatic carbocycles. The second-order valence-electron chi connectivity index (χ2n) is 15.9. The van der Waals surface area contributed by atoms with Crippen LogP contribution in [0.3, 0.4) is 0 Å². The standard InChI is InChI=1S/C55H56O11/c1-56-46-24-36-18-38-26-51(61-6)40(28-50(38)60-5)20-42-31-55(66-32-65-45-16-12-14-33-13-10-11-15-44(33)45)43(30-54(42)64-9)21-41-29-52(62-7)39(27-53(41)63-8)19-37-25-48(58-3)35(23-49(37)59-4)17-34(46)22-47(36)57-2/h10-16,22-31H,17-21,32H2,1-9H3. The topological polar surface area (TPSA) is 102 Å². The number of benzene rings is 7. The molecule has 66 heavy (non-hydrogen) atoms. The predicted molar refractivity (Wildman–Crippen MR) is 255 cm³/mol. The van der Waals surface area contributed by atoms with Gasteiger partial charge < -0.3 is 52.1 Å². The van der Waals surface area contributed by atoms with E-state index in [2.05, 4.69) is 12.1 Å². The van der Waals surface area contributed by atoms with Gasteiger partial charge in [0.1, 0.15) is 63.2 Å². The Morgan fingerprint density at radius 2 is 0.515 bits per heavy atom. The molecule has 0 N–H and O–H groups in total. The monoisotopic (exact) mass is 892 g/mol. The van der Waals surface area contributed by atoms with Crippen LogP contribution in [0.15, 0.2) is 103 Å². The zero-order chi connectivity index (χ0) is 46.3. The third kappa shape index (κ3) is 9.24. The molecule has 0 atom stereocenters. The molecule has 17 rings (SSSR count). The highest BCUT2D eigenvalue weighted by Crippen LogP contribution is 2.42. The normalized spacial score (nSPS) is 12.1. The smallest absolute Gasteiger partial charge is 0.230 e. The Bertz CT molecular complexity index is 2860. The Balaban J connectivity index is 1.30. The van der Waals surface area contributed by atoms with Gasteiger partial charge in [0, 0.05) is 93.1 Å². The molecule has 0 heterocycles. The predicted octanol–water partition coefficient (Wildman–Crippen LogP) is 10.6. The van der Waals surface area contributed by atoms with Gasteiger partial charge in [0.05, 0.1) is 64.0 Å². The molecule has 10 aliphatic rings. The van der Waals surface area contributed by atoms with Crippen molar-refractivity contribution in [1.82, 2.24) is 0 Å². The van der Waals surface area contributed by atoms with Crippen molar-refractivity contribution in [2.45, 2.75) is 32.1 Å². The lowest BCUT2D eigenvalue weighted by molar-refractivity contribution is 0.120. The summed E-state index contributed by atoms with van der Waals surface area (Å²) in [7, 11) is 15.1. The van der Waals surface area contributed by atoms with Gasteiger partial charge in [-0.25, -0.2) is 0 Å². The van der Waals surface area contributed by atoms with E-state index in [0.717, 1.165) is 72.2 Å². The van der Waals surface area contributed by atoms with Crippen LogP contribution in [0.25, 0.3) is 10.8 Å². The van der Waals surface area contributed by atoms with E-state index in [-0.39, 0.29) is 6.79 Å². The highest BCUT2D eigenvalue weighted by molar-refractivity contribution is 5.88. The van der Waals surface area contributed by atoms with Crippen molar-refractivity contribution in [2.75, 3.05) is 70.8 Å². The van der Waals surface area contributed by atoms with Gasteiger partial charge in [-0.05, 0) is 72.1 Å². The largest absolute Gasteiger partial charge is 0.496 e. The van der Waals surface area contributed by atoms with Crippen molar-refractivity contribution >= 4 is 10.8 Å². The molecular formula is C55H56O11. The molecule has 0 aliphatic heterocycles. The van der Waals surface area contributed by atoms with Gasteiger partial charge in [-0.15, -0.1) is 0 Å². The van der Waals surface area contributed by atoms with E-state index in [4.69, 9.17) is 52.1 Å². The molecule has 342 valence electrons. The summed E-state index contributed by atoms with van der Waals surface area (Å²) < 4.78 is 67.6. The molecule has 0 fully saturated rings. The van der Waals surface area contributed by atoms with Crippen molar-refractivity contribution in [3.63, 3.8) is 0 Å². The summed E-state index contributed by atoms with van der Waals surface area (Å²) in [5.41, 5.74) is 8.98. The Labute approximate surface area is 386 Å². The van der Waals surface area contributed by atoms with E-state index in [0.29, 0.717) is 89.6 Å². The maximum atomic E-state index is 6.61. The van der Waals surface area contributed by atoms with Gasteiger partial charge >= 0.3 is 0 Å². The summed E-state index contributed by atoms with van der Waals surface area (Å²) in [6, 6.07) is 34.3. The van der Waals surface area contributed by atoms with Crippen molar-refractivity contribution in [1.29, 1.82) is 0 Å².